The normalized spacial score (nSPS) is 10.8. The van der Waals surface area contributed by atoms with Crippen LogP contribution in [-0.2, 0) is 0 Å². The predicted octanol–water partition coefficient (Wildman–Crippen LogP) is 2.12. The van der Waals surface area contributed by atoms with Crippen molar-refractivity contribution in [1.29, 1.82) is 0 Å². The van der Waals surface area contributed by atoms with Gasteiger partial charge in [0.2, 0.25) is 0 Å². The van der Waals surface area contributed by atoms with Gasteiger partial charge in [0, 0.05) is 25.0 Å². The molecule has 0 radical (unpaired) electrons. The van der Waals surface area contributed by atoms with E-state index in [1.165, 1.54) is 0 Å². The minimum absolute atomic E-state index is 0.0867. The van der Waals surface area contributed by atoms with Crippen LogP contribution < -0.4 is 4.90 Å². The second-order valence-electron chi connectivity index (χ2n) is 3.56. The van der Waals surface area contributed by atoms with Crippen molar-refractivity contribution in [3.05, 3.63) is 17.5 Å². The van der Waals surface area contributed by atoms with Crippen LogP contribution in [0.2, 0.25) is 5.15 Å². The molecule has 0 aliphatic heterocycles. The first kappa shape index (κ1) is 13.2. The van der Waals surface area contributed by atoms with Crippen molar-refractivity contribution in [3.63, 3.8) is 0 Å². The number of aromatic nitrogens is 2. The number of hydrogen-bond donors (Lipinski definition) is 1. The van der Waals surface area contributed by atoms with Crippen LogP contribution in [0.15, 0.2) is 12.4 Å². The number of hydrogen-bond acceptors (Lipinski definition) is 4. The molecule has 0 saturated carbocycles. The molecular formula is C11H18ClN3O. The van der Waals surface area contributed by atoms with Gasteiger partial charge in [0.25, 0.3) is 0 Å². The van der Waals surface area contributed by atoms with Crippen LogP contribution in [0.25, 0.3) is 0 Å². The maximum atomic E-state index is 9.10. The van der Waals surface area contributed by atoms with Crippen molar-refractivity contribution in [3.8, 4) is 0 Å². The zero-order valence-electron chi connectivity index (χ0n) is 9.73. The fourth-order valence-electron chi connectivity index (χ4n) is 1.80. The monoisotopic (exact) mass is 243 g/mol. The van der Waals surface area contributed by atoms with Crippen LogP contribution in [0.3, 0.4) is 0 Å². The number of aliphatic hydroxyl groups excluding tert-OH is 1. The van der Waals surface area contributed by atoms with Gasteiger partial charge in [-0.2, -0.15) is 0 Å². The highest BCUT2D eigenvalue weighted by Gasteiger charge is 2.19. The molecule has 0 unspecified atom stereocenters. The van der Waals surface area contributed by atoms with E-state index >= 15 is 0 Å². The van der Waals surface area contributed by atoms with Crippen molar-refractivity contribution < 1.29 is 5.11 Å². The molecule has 0 aliphatic carbocycles. The summed E-state index contributed by atoms with van der Waals surface area (Å²) in [5.74, 6) is 0.659. The Balaban J connectivity index is 2.97. The molecule has 0 aliphatic rings. The zero-order valence-corrected chi connectivity index (χ0v) is 10.5. The van der Waals surface area contributed by atoms with E-state index in [1.54, 1.807) is 12.4 Å². The van der Waals surface area contributed by atoms with Gasteiger partial charge in [0.15, 0.2) is 11.0 Å². The zero-order chi connectivity index (χ0) is 12.0. The van der Waals surface area contributed by atoms with E-state index in [0.717, 1.165) is 12.8 Å². The van der Waals surface area contributed by atoms with Gasteiger partial charge in [-0.25, -0.2) is 9.97 Å². The highest BCUT2D eigenvalue weighted by Crippen LogP contribution is 2.23. The lowest BCUT2D eigenvalue weighted by Gasteiger charge is -2.31. The first-order chi connectivity index (χ1) is 7.74. The van der Waals surface area contributed by atoms with E-state index in [9.17, 15) is 0 Å². The third-order valence-electron chi connectivity index (χ3n) is 2.63. The first-order valence-electron chi connectivity index (χ1n) is 5.58. The molecule has 0 saturated heterocycles. The van der Waals surface area contributed by atoms with E-state index < -0.39 is 0 Å². The topological polar surface area (TPSA) is 49.2 Å². The van der Waals surface area contributed by atoms with Crippen LogP contribution >= 0.6 is 11.6 Å². The summed E-state index contributed by atoms with van der Waals surface area (Å²) in [7, 11) is 0. The third-order valence-corrected chi connectivity index (χ3v) is 2.90. The quantitative estimate of drug-likeness (QED) is 0.832. The third kappa shape index (κ3) is 3.06. The average molecular weight is 244 g/mol. The standard InChI is InChI=1S/C11H18ClN3O/c1-3-9(4-2)15(7-8-16)11-10(12)13-5-6-14-11/h5-6,9,16H,3-4,7-8H2,1-2H3. The van der Waals surface area contributed by atoms with E-state index in [4.69, 9.17) is 16.7 Å². The van der Waals surface area contributed by atoms with Crippen molar-refractivity contribution >= 4 is 17.4 Å². The molecule has 1 heterocycles. The maximum absolute atomic E-state index is 9.10. The first-order valence-corrected chi connectivity index (χ1v) is 5.96. The van der Waals surface area contributed by atoms with E-state index in [-0.39, 0.29) is 6.61 Å². The Morgan fingerprint density at radius 1 is 1.31 bits per heavy atom. The molecule has 90 valence electrons. The molecule has 5 heteroatoms. The molecule has 1 N–H and O–H groups in total. The fourth-order valence-corrected chi connectivity index (χ4v) is 2.02. The highest BCUT2D eigenvalue weighted by atomic mass is 35.5. The van der Waals surface area contributed by atoms with Crippen molar-refractivity contribution in [2.24, 2.45) is 0 Å². The summed E-state index contributed by atoms with van der Waals surface area (Å²) in [5.41, 5.74) is 0. The second-order valence-corrected chi connectivity index (χ2v) is 3.92. The number of rotatable bonds is 6. The lowest BCUT2D eigenvalue weighted by Crippen LogP contribution is -2.37. The lowest BCUT2D eigenvalue weighted by molar-refractivity contribution is 0.295. The van der Waals surface area contributed by atoms with Gasteiger partial charge in [-0.15, -0.1) is 0 Å². The number of nitrogens with zero attached hydrogens (tertiary/aromatic N) is 3. The van der Waals surface area contributed by atoms with Crippen LogP contribution in [0.1, 0.15) is 26.7 Å². The molecule has 1 rings (SSSR count). The van der Waals surface area contributed by atoms with Gasteiger partial charge in [-0.05, 0) is 12.8 Å². The fraction of sp³-hybridized carbons (Fsp3) is 0.636. The Hall–Kier alpha value is -0.870. The summed E-state index contributed by atoms with van der Waals surface area (Å²) in [6, 6.07) is 0.335. The van der Waals surface area contributed by atoms with Crippen LogP contribution in [0.4, 0.5) is 5.82 Å². The average Bonchev–Trinajstić information content (AvgIpc) is 2.30. The summed E-state index contributed by atoms with van der Waals surface area (Å²) < 4.78 is 0. The summed E-state index contributed by atoms with van der Waals surface area (Å²) in [6.07, 6.45) is 5.16. The van der Waals surface area contributed by atoms with Crippen molar-refractivity contribution in [2.75, 3.05) is 18.1 Å². The van der Waals surface area contributed by atoms with Crippen molar-refractivity contribution in [1.82, 2.24) is 9.97 Å². The number of halogens is 1. The van der Waals surface area contributed by atoms with E-state index in [1.807, 2.05) is 4.90 Å². The SMILES string of the molecule is CCC(CC)N(CCO)c1nccnc1Cl. The Kier molecular flexibility index (Phi) is 5.49. The van der Waals surface area contributed by atoms with Crippen LogP contribution in [0, 0.1) is 0 Å². The maximum Gasteiger partial charge on any atom is 0.171 e. The highest BCUT2D eigenvalue weighted by molar-refractivity contribution is 6.31. The second kappa shape index (κ2) is 6.66. The van der Waals surface area contributed by atoms with Crippen LogP contribution in [-0.4, -0.2) is 34.3 Å². The van der Waals surface area contributed by atoms with Gasteiger partial charge >= 0.3 is 0 Å². The Bertz CT molecular complexity index is 318. The molecule has 1 aromatic heterocycles. The minimum Gasteiger partial charge on any atom is -0.395 e. The molecule has 0 atom stereocenters. The molecule has 1 aromatic rings. The largest absolute Gasteiger partial charge is 0.395 e. The summed E-state index contributed by atoms with van der Waals surface area (Å²) in [4.78, 5) is 10.3. The Morgan fingerprint density at radius 3 is 2.44 bits per heavy atom. The van der Waals surface area contributed by atoms with Gasteiger partial charge in [0.05, 0.1) is 6.61 Å². The van der Waals surface area contributed by atoms with Gasteiger partial charge in [0.1, 0.15) is 0 Å². The van der Waals surface area contributed by atoms with E-state index in [2.05, 4.69) is 23.8 Å². The van der Waals surface area contributed by atoms with E-state index in [0.29, 0.717) is 23.6 Å². The molecule has 16 heavy (non-hydrogen) atoms. The lowest BCUT2D eigenvalue weighted by atomic mass is 10.1. The molecule has 0 aromatic carbocycles. The van der Waals surface area contributed by atoms with Gasteiger partial charge in [-0.3, -0.25) is 0 Å². The Labute approximate surface area is 101 Å². The summed E-state index contributed by atoms with van der Waals surface area (Å²) >= 11 is 6.02. The molecule has 0 fully saturated rings. The molecular weight excluding hydrogens is 226 g/mol. The smallest absolute Gasteiger partial charge is 0.171 e. The van der Waals surface area contributed by atoms with Gasteiger partial charge < -0.3 is 10.0 Å². The molecule has 0 amide bonds. The number of aliphatic hydroxyl groups is 1. The molecule has 0 bridgehead atoms. The van der Waals surface area contributed by atoms with Crippen molar-refractivity contribution in [2.45, 2.75) is 32.7 Å². The predicted molar refractivity (Wildman–Crippen MR) is 65.8 cm³/mol. The van der Waals surface area contributed by atoms with Crippen LogP contribution in [0.5, 0.6) is 0 Å². The minimum atomic E-state index is 0.0867. The summed E-state index contributed by atoms with van der Waals surface area (Å²) in [5, 5.41) is 9.49. The summed E-state index contributed by atoms with van der Waals surface area (Å²) in [6.45, 7) is 4.85. The Morgan fingerprint density at radius 2 is 1.94 bits per heavy atom. The number of anilines is 1. The van der Waals surface area contributed by atoms with Gasteiger partial charge in [-0.1, -0.05) is 25.4 Å². The molecule has 4 nitrogen and oxygen atoms in total. The molecule has 0 spiro atoms.